The van der Waals surface area contributed by atoms with Crippen LogP contribution in [0, 0.1) is 17.8 Å². The molecule has 1 heterocycles. The Morgan fingerprint density at radius 1 is 1.12 bits per heavy atom. The van der Waals surface area contributed by atoms with Crippen molar-refractivity contribution in [3.8, 4) is 11.1 Å². The van der Waals surface area contributed by atoms with Crippen molar-refractivity contribution in [1.29, 1.82) is 0 Å². The van der Waals surface area contributed by atoms with Crippen LogP contribution in [0.2, 0.25) is 0 Å². The summed E-state index contributed by atoms with van der Waals surface area (Å²) < 4.78 is 2.47. The lowest BCUT2D eigenvalue weighted by atomic mass is 9.74. The molecule has 1 saturated carbocycles. The second-order valence-electron chi connectivity index (χ2n) is 9.35. The van der Waals surface area contributed by atoms with Gasteiger partial charge in [0.25, 0.3) is 5.91 Å². The van der Waals surface area contributed by atoms with Gasteiger partial charge in [0.2, 0.25) is 0 Å². The van der Waals surface area contributed by atoms with Crippen molar-refractivity contribution in [2.45, 2.75) is 52.5 Å². The maximum atomic E-state index is 13.1. The first-order valence-electron chi connectivity index (χ1n) is 12.0. The second kappa shape index (κ2) is 10.2. The average molecular weight is 462 g/mol. The van der Waals surface area contributed by atoms with E-state index in [1.165, 1.54) is 10.9 Å². The van der Waals surface area contributed by atoms with Gasteiger partial charge in [0, 0.05) is 5.92 Å². The zero-order chi connectivity index (χ0) is 24.2. The molecule has 3 atom stereocenters. The lowest BCUT2D eigenvalue weighted by molar-refractivity contribution is 0.0695. The Kier molecular flexibility index (Phi) is 7.10. The molecule has 0 spiro atoms. The van der Waals surface area contributed by atoms with Crippen molar-refractivity contribution >= 4 is 11.9 Å². The number of carbonyl (C=O) groups is 2. The van der Waals surface area contributed by atoms with Crippen LogP contribution in [0.4, 0.5) is 0 Å². The topological polar surface area (TPSA) is 94.2 Å². The number of carboxylic acids is 1. The number of rotatable bonds is 7. The van der Waals surface area contributed by atoms with Gasteiger partial charge in [-0.25, -0.2) is 9.59 Å². The van der Waals surface area contributed by atoms with E-state index in [1.54, 1.807) is 24.3 Å². The molecule has 4 rings (SSSR count). The molecule has 1 aliphatic rings. The van der Waals surface area contributed by atoms with E-state index in [4.69, 9.17) is 0 Å². The third-order valence-electron chi connectivity index (χ3n) is 7.23. The highest BCUT2D eigenvalue weighted by molar-refractivity contribution is 5.96. The number of nitrogens with zero attached hydrogens (tertiary/aromatic N) is 3. The molecule has 34 heavy (non-hydrogen) atoms. The SMILES string of the molecule is CCC(C)C1CCCC(C(=O)n2ncn(Cc3ccc(-c4ccccc4C(=O)O)cc3)c2=O)C1. The largest absolute Gasteiger partial charge is 0.478 e. The number of aromatic carboxylic acids is 1. The third-order valence-corrected chi connectivity index (χ3v) is 7.23. The first-order chi connectivity index (χ1) is 16.4. The molecule has 2 aromatic carbocycles. The van der Waals surface area contributed by atoms with Crippen LogP contribution in [0.1, 0.15) is 66.7 Å². The zero-order valence-corrected chi connectivity index (χ0v) is 19.7. The Bertz CT molecular complexity index is 1230. The van der Waals surface area contributed by atoms with Crippen LogP contribution >= 0.6 is 0 Å². The fourth-order valence-electron chi connectivity index (χ4n) is 4.98. The highest BCUT2D eigenvalue weighted by atomic mass is 16.4. The van der Waals surface area contributed by atoms with Gasteiger partial charge < -0.3 is 5.11 Å². The standard InChI is InChI=1S/C27H31N3O4/c1-3-18(2)21-7-6-8-22(15-21)25(31)30-27(34)29(17-28-30)16-19-11-13-20(14-12-19)23-9-4-5-10-24(23)26(32)33/h4-5,9-14,17-18,21-22H,3,6-8,15-16H2,1-2H3,(H,32,33). The van der Waals surface area contributed by atoms with E-state index in [2.05, 4.69) is 18.9 Å². The van der Waals surface area contributed by atoms with E-state index in [0.717, 1.165) is 47.9 Å². The molecule has 1 N–H and O–H groups in total. The Labute approximate surface area is 199 Å². The molecule has 178 valence electrons. The molecule has 1 aliphatic carbocycles. The van der Waals surface area contributed by atoms with E-state index in [1.807, 2.05) is 24.3 Å². The Hall–Kier alpha value is -3.48. The van der Waals surface area contributed by atoms with E-state index < -0.39 is 11.7 Å². The van der Waals surface area contributed by atoms with Gasteiger partial charge in [0.05, 0.1) is 12.1 Å². The summed E-state index contributed by atoms with van der Waals surface area (Å²) in [5.41, 5.74) is 2.11. The summed E-state index contributed by atoms with van der Waals surface area (Å²) in [4.78, 5) is 37.5. The lowest BCUT2D eigenvalue weighted by Crippen LogP contribution is -2.36. The predicted molar refractivity (Wildman–Crippen MR) is 130 cm³/mol. The fourth-order valence-corrected chi connectivity index (χ4v) is 4.98. The summed E-state index contributed by atoms with van der Waals surface area (Å²) in [6.45, 7) is 4.71. The molecule has 3 aromatic rings. The van der Waals surface area contributed by atoms with Gasteiger partial charge in [-0.1, -0.05) is 75.6 Å². The smallest absolute Gasteiger partial charge is 0.353 e. The monoisotopic (exact) mass is 461 g/mol. The molecule has 7 heteroatoms. The molecule has 3 unspecified atom stereocenters. The van der Waals surface area contributed by atoms with Crippen LogP contribution in [0.25, 0.3) is 11.1 Å². The highest BCUT2D eigenvalue weighted by Crippen LogP contribution is 2.35. The number of carbonyl (C=O) groups excluding carboxylic acids is 1. The molecular weight excluding hydrogens is 430 g/mol. The van der Waals surface area contributed by atoms with Crippen LogP contribution in [0.5, 0.6) is 0 Å². The molecule has 0 amide bonds. The zero-order valence-electron chi connectivity index (χ0n) is 19.7. The van der Waals surface area contributed by atoms with Crippen LogP contribution in [0.15, 0.2) is 59.7 Å². The van der Waals surface area contributed by atoms with Crippen LogP contribution < -0.4 is 5.69 Å². The third kappa shape index (κ3) is 4.88. The molecule has 1 fully saturated rings. The van der Waals surface area contributed by atoms with Crippen LogP contribution in [-0.2, 0) is 6.54 Å². The first kappa shape index (κ1) is 23.7. The van der Waals surface area contributed by atoms with E-state index in [0.29, 0.717) is 17.4 Å². The molecule has 7 nitrogen and oxygen atoms in total. The van der Waals surface area contributed by atoms with Gasteiger partial charge in [-0.2, -0.15) is 5.10 Å². The minimum atomic E-state index is -0.975. The highest BCUT2D eigenvalue weighted by Gasteiger charge is 2.31. The maximum absolute atomic E-state index is 13.1. The van der Waals surface area contributed by atoms with Crippen molar-refractivity contribution in [3.63, 3.8) is 0 Å². The van der Waals surface area contributed by atoms with Crippen LogP contribution in [-0.4, -0.2) is 31.3 Å². The Morgan fingerprint density at radius 3 is 2.56 bits per heavy atom. The normalized spacial score (nSPS) is 19.0. The van der Waals surface area contributed by atoms with Gasteiger partial charge in [-0.3, -0.25) is 9.36 Å². The quantitative estimate of drug-likeness (QED) is 0.537. The summed E-state index contributed by atoms with van der Waals surface area (Å²) in [5.74, 6) is -0.220. The number of aromatic nitrogens is 3. The van der Waals surface area contributed by atoms with Crippen LogP contribution in [0.3, 0.4) is 0 Å². The van der Waals surface area contributed by atoms with Gasteiger partial charge >= 0.3 is 11.7 Å². The minimum absolute atomic E-state index is 0.151. The van der Waals surface area contributed by atoms with Crippen molar-refractivity contribution in [1.82, 2.24) is 14.3 Å². The van der Waals surface area contributed by atoms with Gasteiger partial charge in [0.15, 0.2) is 0 Å². The van der Waals surface area contributed by atoms with E-state index in [-0.39, 0.29) is 23.9 Å². The van der Waals surface area contributed by atoms with Crippen molar-refractivity contribution in [2.24, 2.45) is 17.8 Å². The Morgan fingerprint density at radius 2 is 1.85 bits per heavy atom. The summed E-state index contributed by atoms with van der Waals surface area (Å²) in [5, 5.41) is 13.6. The van der Waals surface area contributed by atoms with E-state index >= 15 is 0 Å². The molecule has 0 radical (unpaired) electrons. The molecule has 0 saturated heterocycles. The number of hydrogen-bond donors (Lipinski definition) is 1. The van der Waals surface area contributed by atoms with Gasteiger partial charge in [0.1, 0.15) is 6.33 Å². The van der Waals surface area contributed by atoms with Gasteiger partial charge in [-0.05, 0) is 47.4 Å². The minimum Gasteiger partial charge on any atom is -0.478 e. The maximum Gasteiger partial charge on any atom is 0.353 e. The summed E-state index contributed by atoms with van der Waals surface area (Å²) in [6, 6.07) is 14.3. The number of benzene rings is 2. The number of carboxylic acid groups (broad SMARTS) is 1. The Balaban J connectivity index is 1.48. The molecule has 0 bridgehead atoms. The molecule has 0 aliphatic heterocycles. The van der Waals surface area contributed by atoms with Crippen molar-refractivity contribution in [2.75, 3.05) is 0 Å². The second-order valence-corrected chi connectivity index (χ2v) is 9.35. The first-order valence-corrected chi connectivity index (χ1v) is 12.0. The number of hydrogen-bond acceptors (Lipinski definition) is 4. The lowest BCUT2D eigenvalue weighted by Gasteiger charge is -2.31. The summed E-state index contributed by atoms with van der Waals surface area (Å²) in [6.07, 6.45) is 6.31. The fraction of sp³-hybridized carbons (Fsp3) is 0.407. The van der Waals surface area contributed by atoms with Gasteiger partial charge in [-0.15, -0.1) is 4.68 Å². The molecular formula is C27H31N3O4. The molecule has 1 aromatic heterocycles. The summed E-state index contributed by atoms with van der Waals surface area (Å²) in [7, 11) is 0. The average Bonchev–Trinajstić information content (AvgIpc) is 3.23. The predicted octanol–water partition coefficient (Wildman–Crippen LogP) is 4.95. The van der Waals surface area contributed by atoms with E-state index in [9.17, 15) is 19.5 Å². The van der Waals surface area contributed by atoms with Crippen molar-refractivity contribution < 1.29 is 14.7 Å². The summed E-state index contributed by atoms with van der Waals surface area (Å²) >= 11 is 0. The van der Waals surface area contributed by atoms with Crippen molar-refractivity contribution in [3.05, 3.63) is 76.5 Å².